The third kappa shape index (κ3) is 3.16. The van der Waals surface area contributed by atoms with Gasteiger partial charge in [0.05, 0.1) is 5.56 Å². The van der Waals surface area contributed by atoms with Gasteiger partial charge in [-0.2, -0.15) is 0 Å². The van der Waals surface area contributed by atoms with E-state index in [0.29, 0.717) is 12.1 Å². The molecule has 1 aliphatic carbocycles. The lowest BCUT2D eigenvalue weighted by molar-refractivity contribution is 0.0931. The molecule has 1 amide bonds. The van der Waals surface area contributed by atoms with Crippen LogP contribution in [0.5, 0.6) is 5.75 Å². The Morgan fingerprint density at radius 3 is 2.78 bits per heavy atom. The largest absolute Gasteiger partial charge is 0.507 e. The summed E-state index contributed by atoms with van der Waals surface area (Å²) >= 11 is 2.13. The molecular weight excluding hydrogens is 341 g/mol. The average Bonchev–Trinajstić information content (AvgIpc) is 2.77. The summed E-state index contributed by atoms with van der Waals surface area (Å²) in [6.45, 7) is 2.91. The molecule has 0 spiro atoms. The van der Waals surface area contributed by atoms with Crippen LogP contribution < -0.4 is 5.32 Å². The van der Waals surface area contributed by atoms with E-state index in [9.17, 15) is 9.90 Å². The van der Waals surface area contributed by atoms with Crippen LogP contribution in [0.1, 0.15) is 43.0 Å². The number of phenols is 1. The van der Waals surface area contributed by atoms with E-state index in [-0.39, 0.29) is 17.1 Å². The van der Waals surface area contributed by atoms with Crippen molar-refractivity contribution in [2.75, 3.05) is 6.54 Å². The van der Waals surface area contributed by atoms with Gasteiger partial charge in [0.25, 0.3) is 5.91 Å². The van der Waals surface area contributed by atoms with Crippen LogP contribution in [0.3, 0.4) is 0 Å². The summed E-state index contributed by atoms with van der Waals surface area (Å²) in [5.41, 5.74) is 0.594. The van der Waals surface area contributed by atoms with Gasteiger partial charge in [0.1, 0.15) is 5.75 Å². The van der Waals surface area contributed by atoms with Crippen molar-refractivity contribution in [3.8, 4) is 5.75 Å². The van der Waals surface area contributed by atoms with Gasteiger partial charge >= 0.3 is 0 Å². The molecule has 98 valence electrons. The van der Waals surface area contributed by atoms with Crippen LogP contribution in [0.4, 0.5) is 0 Å². The van der Waals surface area contributed by atoms with E-state index in [4.69, 9.17) is 0 Å². The van der Waals surface area contributed by atoms with Gasteiger partial charge in [-0.15, -0.1) is 0 Å². The van der Waals surface area contributed by atoms with Crippen molar-refractivity contribution < 1.29 is 9.90 Å². The molecule has 1 aromatic rings. The molecule has 0 aromatic heterocycles. The van der Waals surface area contributed by atoms with Crippen molar-refractivity contribution in [3.05, 3.63) is 27.3 Å². The fourth-order valence-corrected chi connectivity index (χ4v) is 2.98. The van der Waals surface area contributed by atoms with Gasteiger partial charge in [-0.25, -0.2) is 0 Å². The average molecular weight is 359 g/mol. The number of phenolic OH excluding ortho intramolecular Hbond substituents is 1. The normalized spacial score (nSPS) is 17.7. The third-order valence-corrected chi connectivity index (χ3v) is 4.36. The first kappa shape index (κ1) is 13.6. The highest BCUT2D eigenvalue weighted by Gasteiger charge is 2.29. The Morgan fingerprint density at radius 2 is 2.11 bits per heavy atom. The highest BCUT2D eigenvalue weighted by molar-refractivity contribution is 14.1. The van der Waals surface area contributed by atoms with E-state index < -0.39 is 0 Å². The monoisotopic (exact) mass is 359 g/mol. The molecule has 4 heteroatoms. The van der Waals surface area contributed by atoms with Crippen LogP contribution in [-0.4, -0.2) is 17.6 Å². The third-order valence-electron chi connectivity index (χ3n) is 3.69. The molecule has 3 nitrogen and oxygen atoms in total. The van der Waals surface area contributed by atoms with Crippen molar-refractivity contribution in [1.82, 2.24) is 5.32 Å². The predicted molar refractivity (Wildman–Crippen MR) is 79.7 cm³/mol. The summed E-state index contributed by atoms with van der Waals surface area (Å²) in [5.74, 6) is -0.136. The number of halogens is 1. The van der Waals surface area contributed by atoms with Crippen molar-refractivity contribution in [3.63, 3.8) is 0 Å². The maximum absolute atomic E-state index is 12.0. The Bertz CT molecular complexity index is 453. The van der Waals surface area contributed by atoms with Crippen LogP contribution in [0, 0.1) is 8.99 Å². The quantitative estimate of drug-likeness (QED) is 0.814. The van der Waals surface area contributed by atoms with Gasteiger partial charge in [0.15, 0.2) is 0 Å². The first-order valence-electron chi connectivity index (χ1n) is 6.27. The second-order valence-corrected chi connectivity index (χ2v) is 6.61. The fourth-order valence-electron chi connectivity index (χ4n) is 2.48. The SMILES string of the molecule is CC1(CNC(=O)c2cc(I)ccc2O)CCCC1. The van der Waals surface area contributed by atoms with Crippen LogP contribution >= 0.6 is 22.6 Å². The first-order valence-corrected chi connectivity index (χ1v) is 7.35. The lowest BCUT2D eigenvalue weighted by Gasteiger charge is -2.23. The Balaban J connectivity index is 2.01. The molecule has 1 aliphatic rings. The summed E-state index contributed by atoms with van der Waals surface area (Å²) < 4.78 is 0.947. The van der Waals surface area contributed by atoms with E-state index in [0.717, 1.165) is 3.57 Å². The number of hydrogen-bond donors (Lipinski definition) is 2. The topological polar surface area (TPSA) is 49.3 Å². The van der Waals surface area contributed by atoms with Crippen molar-refractivity contribution in [1.29, 1.82) is 0 Å². The molecule has 0 heterocycles. The molecule has 18 heavy (non-hydrogen) atoms. The van der Waals surface area contributed by atoms with Gasteiger partial charge < -0.3 is 10.4 Å². The van der Waals surface area contributed by atoms with E-state index >= 15 is 0 Å². The molecule has 0 radical (unpaired) electrons. The summed E-state index contributed by atoms with van der Waals surface area (Å²) in [5, 5.41) is 12.6. The molecule has 0 saturated heterocycles. The molecule has 0 unspecified atom stereocenters. The number of amides is 1. The second-order valence-electron chi connectivity index (χ2n) is 5.36. The number of rotatable bonds is 3. The molecular formula is C14H18INO2. The number of aromatic hydroxyl groups is 1. The lowest BCUT2D eigenvalue weighted by atomic mass is 9.89. The van der Waals surface area contributed by atoms with Crippen LogP contribution in [0.15, 0.2) is 18.2 Å². The number of nitrogens with one attached hydrogen (secondary N) is 1. The van der Waals surface area contributed by atoms with E-state index in [1.165, 1.54) is 25.7 Å². The van der Waals surface area contributed by atoms with Crippen molar-refractivity contribution >= 4 is 28.5 Å². The number of carbonyl (C=O) groups is 1. The summed E-state index contributed by atoms with van der Waals surface area (Å²) in [6.07, 6.45) is 4.85. The maximum atomic E-state index is 12.0. The molecule has 0 bridgehead atoms. The van der Waals surface area contributed by atoms with Crippen LogP contribution in [0.25, 0.3) is 0 Å². The lowest BCUT2D eigenvalue weighted by Crippen LogP contribution is -2.34. The first-order chi connectivity index (χ1) is 8.50. The van der Waals surface area contributed by atoms with Gasteiger partial charge in [0, 0.05) is 10.1 Å². The second kappa shape index (κ2) is 5.47. The van der Waals surface area contributed by atoms with Crippen molar-refractivity contribution in [2.24, 2.45) is 5.41 Å². The molecule has 1 saturated carbocycles. The zero-order chi connectivity index (χ0) is 13.2. The summed E-state index contributed by atoms with van der Waals surface area (Å²) in [6, 6.07) is 5.06. The Kier molecular flexibility index (Phi) is 4.14. The number of benzene rings is 1. The fraction of sp³-hybridized carbons (Fsp3) is 0.500. The van der Waals surface area contributed by atoms with E-state index in [2.05, 4.69) is 34.8 Å². The van der Waals surface area contributed by atoms with E-state index in [1.807, 2.05) is 0 Å². The van der Waals surface area contributed by atoms with E-state index in [1.54, 1.807) is 18.2 Å². The minimum Gasteiger partial charge on any atom is -0.507 e. The maximum Gasteiger partial charge on any atom is 0.255 e. The zero-order valence-corrected chi connectivity index (χ0v) is 12.7. The zero-order valence-electron chi connectivity index (χ0n) is 10.5. The van der Waals surface area contributed by atoms with Crippen LogP contribution in [-0.2, 0) is 0 Å². The Morgan fingerprint density at radius 1 is 1.44 bits per heavy atom. The number of hydrogen-bond acceptors (Lipinski definition) is 2. The highest BCUT2D eigenvalue weighted by Crippen LogP contribution is 2.36. The summed E-state index contributed by atoms with van der Waals surface area (Å²) in [4.78, 5) is 12.0. The summed E-state index contributed by atoms with van der Waals surface area (Å²) in [7, 11) is 0. The molecule has 2 N–H and O–H groups in total. The Hall–Kier alpha value is -0.780. The predicted octanol–water partition coefficient (Wildman–Crippen LogP) is 3.31. The molecule has 0 aliphatic heterocycles. The van der Waals surface area contributed by atoms with Crippen molar-refractivity contribution in [2.45, 2.75) is 32.6 Å². The Labute approximate surface area is 121 Å². The minimum atomic E-state index is -0.181. The minimum absolute atomic E-state index is 0.0458. The van der Waals surface area contributed by atoms with Gasteiger partial charge in [-0.3, -0.25) is 4.79 Å². The van der Waals surface area contributed by atoms with Gasteiger partial charge in [0.2, 0.25) is 0 Å². The number of carbonyl (C=O) groups excluding carboxylic acids is 1. The highest BCUT2D eigenvalue weighted by atomic mass is 127. The smallest absolute Gasteiger partial charge is 0.255 e. The van der Waals surface area contributed by atoms with Crippen LogP contribution in [0.2, 0.25) is 0 Å². The van der Waals surface area contributed by atoms with Gasteiger partial charge in [-0.05, 0) is 59.0 Å². The standard InChI is InChI=1S/C14H18INO2/c1-14(6-2-3-7-14)9-16-13(18)11-8-10(15)4-5-12(11)17/h4-5,8,17H,2-3,6-7,9H2,1H3,(H,16,18). The molecule has 1 fully saturated rings. The van der Waals surface area contributed by atoms with Gasteiger partial charge in [-0.1, -0.05) is 19.8 Å². The molecule has 2 rings (SSSR count). The molecule has 1 aromatic carbocycles. The molecule has 0 atom stereocenters.